The Hall–Kier alpha value is -2.43. The number of piperidine rings is 1. The minimum absolute atomic E-state index is 0.0760. The first-order valence-electron chi connectivity index (χ1n) is 8.51. The molecule has 0 unspecified atom stereocenters. The lowest BCUT2D eigenvalue weighted by Gasteiger charge is -2.30. The van der Waals surface area contributed by atoms with E-state index < -0.39 is 0 Å². The van der Waals surface area contributed by atoms with Crippen LogP contribution in [-0.2, 0) is 6.54 Å². The van der Waals surface area contributed by atoms with E-state index in [4.69, 9.17) is 0 Å². The van der Waals surface area contributed by atoms with Gasteiger partial charge in [-0.15, -0.1) is 0 Å². The molecule has 1 aliphatic heterocycles. The molecule has 1 saturated heterocycles. The third-order valence-corrected chi connectivity index (χ3v) is 4.54. The second kappa shape index (κ2) is 7.43. The number of nitrogens with zero attached hydrogens (tertiary/aromatic N) is 4. The average Bonchev–Trinajstić information content (AvgIpc) is 2.62. The van der Waals surface area contributed by atoms with Gasteiger partial charge in [0.1, 0.15) is 5.69 Å². The van der Waals surface area contributed by atoms with Gasteiger partial charge in [0.05, 0.1) is 0 Å². The summed E-state index contributed by atoms with van der Waals surface area (Å²) in [5, 5.41) is 0. The summed E-state index contributed by atoms with van der Waals surface area (Å²) in [5.74, 6) is 1.34. The van der Waals surface area contributed by atoms with E-state index in [2.05, 4.69) is 21.8 Å². The number of benzene rings is 1. The van der Waals surface area contributed by atoms with Crippen molar-refractivity contribution in [3.63, 3.8) is 0 Å². The predicted molar refractivity (Wildman–Crippen MR) is 94.9 cm³/mol. The maximum atomic E-state index is 12.7. The maximum absolute atomic E-state index is 12.7. The lowest BCUT2D eigenvalue weighted by Crippen LogP contribution is -2.35. The Bertz CT molecular complexity index is 681. The Morgan fingerprint density at radius 2 is 1.92 bits per heavy atom. The molecule has 0 atom stereocenters. The topological polar surface area (TPSA) is 49.3 Å². The zero-order valence-corrected chi connectivity index (χ0v) is 14.4. The molecule has 126 valence electrons. The third-order valence-electron chi connectivity index (χ3n) is 4.54. The van der Waals surface area contributed by atoms with Gasteiger partial charge in [0.2, 0.25) is 5.95 Å². The molecule has 1 aromatic carbocycles. The molecule has 3 rings (SSSR count). The van der Waals surface area contributed by atoms with E-state index in [1.165, 1.54) is 0 Å². The van der Waals surface area contributed by atoms with Crippen molar-refractivity contribution in [1.82, 2.24) is 14.9 Å². The van der Waals surface area contributed by atoms with Crippen LogP contribution >= 0.6 is 0 Å². The summed E-state index contributed by atoms with van der Waals surface area (Å²) in [4.78, 5) is 25.4. The van der Waals surface area contributed by atoms with E-state index in [1.54, 1.807) is 24.2 Å². The van der Waals surface area contributed by atoms with Crippen molar-refractivity contribution in [2.45, 2.75) is 26.3 Å². The van der Waals surface area contributed by atoms with Gasteiger partial charge in [-0.25, -0.2) is 9.97 Å². The number of amides is 1. The Balaban J connectivity index is 1.69. The van der Waals surface area contributed by atoms with Gasteiger partial charge >= 0.3 is 0 Å². The van der Waals surface area contributed by atoms with Crippen molar-refractivity contribution in [3.05, 3.63) is 53.9 Å². The first kappa shape index (κ1) is 16.4. The molecule has 2 heterocycles. The molecule has 5 nitrogen and oxygen atoms in total. The highest BCUT2D eigenvalue weighted by atomic mass is 16.2. The molecule has 0 saturated carbocycles. The van der Waals surface area contributed by atoms with E-state index in [9.17, 15) is 4.79 Å². The van der Waals surface area contributed by atoms with Crippen molar-refractivity contribution >= 4 is 11.9 Å². The van der Waals surface area contributed by atoms with E-state index in [0.717, 1.165) is 37.4 Å². The Morgan fingerprint density at radius 3 is 2.62 bits per heavy atom. The molecule has 0 N–H and O–H groups in total. The first-order valence-corrected chi connectivity index (χ1v) is 8.51. The molecule has 1 fully saturated rings. The number of carbonyl (C=O) groups excluding carboxylic acids is 1. The largest absolute Gasteiger partial charge is 0.341 e. The molecule has 2 aromatic rings. The van der Waals surface area contributed by atoms with Gasteiger partial charge < -0.3 is 9.80 Å². The highest BCUT2D eigenvalue weighted by molar-refractivity contribution is 5.92. The average molecular weight is 324 g/mol. The molecule has 0 spiro atoms. The highest BCUT2D eigenvalue weighted by Crippen LogP contribution is 2.20. The maximum Gasteiger partial charge on any atom is 0.272 e. The number of rotatable bonds is 4. The molecule has 0 bridgehead atoms. The number of hydrogen-bond acceptors (Lipinski definition) is 4. The third kappa shape index (κ3) is 3.91. The first-order chi connectivity index (χ1) is 11.6. The predicted octanol–water partition coefficient (Wildman–Crippen LogP) is 2.99. The molecule has 1 aromatic heterocycles. The van der Waals surface area contributed by atoms with Crippen LogP contribution < -0.4 is 4.90 Å². The van der Waals surface area contributed by atoms with Gasteiger partial charge in [-0.05, 0) is 30.4 Å². The van der Waals surface area contributed by atoms with Gasteiger partial charge in [0.15, 0.2) is 0 Å². The summed E-state index contributed by atoms with van der Waals surface area (Å²) in [6, 6.07) is 11.7. The molecule has 5 heteroatoms. The van der Waals surface area contributed by atoms with Crippen LogP contribution in [0.25, 0.3) is 0 Å². The quantitative estimate of drug-likeness (QED) is 0.867. The van der Waals surface area contributed by atoms with Gasteiger partial charge in [-0.1, -0.05) is 37.3 Å². The van der Waals surface area contributed by atoms with Crippen LogP contribution in [0.4, 0.5) is 5.95 Å². The van der Waals surface area contributed by atoms with Gasteiger partial charge in [0.25, 0.3) is 5.91 Å². The second-order valence-corrected chi connectivity index (χ2v) is 6.56. The number of hydrogen-bond donors (Lipinski definition) is 0. The minimum Gasteiger partial charge on any atom is -0.341 e. The summed E-state index contributed by atoms with van der Waals surface area (Å²) >= 11 is 0. The summed E-state index contributed by atoms with van der Waals surface area (Å²) < 4.78 is 0. The summed E-state index contributed by atoms with van der Waals surface area (Å²) in [6.45, 7) is 4.76. The van der Waals surface area contributed by atoms with Gasteiger partial charge in [-0.3, -0.25) is 4.79 Å². The lowest BCUT2D eigenvalue weighted by molar-refractivity contribution is 0.0779. The molecule has 1 aliphatic rings. The van der Waals surface area contributed by atoms with Crippen LogP contribution in [0.1, 0.15) is 35.8 Å². The van der Waals surface area contributed by atoms with Crippen molar-refractivity contribution in [2.24, 2.45) is 5.92 Å². The molecular weight excluding hydrogens is 300 g/mol. The Morgan fingerprint density at radius 1 is 1.21 bits per heavy atom. The summed E-state index contributed by atoms with van der Waals surface area (Å²) in [5.41, 5.74) is 1.56. The number of aromatic nitrogens is 2. The molecule has 1 amide bonds. The van der Waals surface area contributed by atoms with Crippen molar-refractivity contribution in [1.29, 1.82) is 0 Å². The lowest BCUT2D eigenvalue weighted by atomic mass is 10.00. The Labute approximate surface area is 143 Å². The zero-order valence-electron chi connectivity index (χ0n) is 14.4. The normalized spacial score (nSPS) is 15.3. The highest BCUT2D eigenvalue weighted by Gasteiger charge is 2.20. The van der Waals surface area contributed by atoms with Crippen molar-refractivity contribution in [2.75, 3.05) is 25.0 Å². The van der Waals surface area contributed by atoms with Gasteiger partial charge in [-0.2, -0.15) is 0 Å². The summed E-state index contributed by atoms with van der Waals surface area (Å²) in [7, 11) is 1.81. The molecule has 24 heavy (non-hydrogen) atoms. The Kier molecular flexibility index (Phi) is 5.08. The fourth-order valence-electron chi connectivity index (χ4n) is 2.95. The van der Waals surface area contributed by atoms with E-state index in [0.29, 0.717) is 18.2 Å². The summed E-state index contributed by atoms with van der Waals surface area (Å²) in [6.07, 6.45) is 3.98. The monoisotopic (exact) mass is 324 g/mol. The number of anilines is 1. The smallest absolute Gasteiger partial charge is 0.272 e. The van der Waals surface area contributed by atoms with Crippen molar-refractivity contribution < 1.29 is 4.79 Å². The second-order valence-electron chi connectivity index (χ2n) is 6.56. The van der Waals surface area contributed by atoms with Crippen molar-refractivity contribution in [3.8, 4) is 0 Å². The van der Waals surface area contributed by atoms with Crippen LogP contribution in [0.15, 0.2) is 42.6 Å². The standard InChI is InChI=1S/C19H24N4O/c1-15-9-12-23(13-10-15)19-20-11-8-17(21-19)18(24)22(2)14-16-6-4-3-5-7-16/h3-8,11,15H,9-10,12-14H2,1-2H3. The number of carbonyl (C=O) groups is 1. The zero-order chi connectivity index (χ0) is 16.9. The minimum atomic E-state index is -0.0760. The SMILES string of the molecule is CC1CCN(c2nccc(C(=O)N(C)Cc3ccccc3)n2)CC1. The van der Waals surface area contributed by atoms with E-state index in [-0.39, 0.29) is 5.91 Å². The van der Waals surface area contributed by atoms with Gasteiger partial charge in [0, 0.05) is 32.9 Å². The van der Waals surface area contributed by atoms with E-state index >= 15 is 0 Å². The molecule has 0 radical (unpaired) electrons. The molecular formula is C19H24N4O. The fourth-order valence-corrected chi connectivity index (χ4v) is 2.95. The van der Waals surface area contributed by atoms with Crippen LogP contribution in [-0.4, -0.2) is 40.9 Å². The van der Waals surface area contributed by atoms with Crippen LogP contribution in [0.3, 0.4) is 0 Å². The van der Waals surface area contributed by atoms with E-state index in [1.807, 2.05) is 30.3 Å². The molecule has 0 aliphatic carbocycles. The van der Waals surface area contributed by atoms with Crippen LogP contribution in [0, 0.1) is 5.92 Å². The van der Waals surface area contributed by atoms with Crippen LogP contribution in [0.2, 0.25) is 0 Å². The fraction of sp³-hybridized carbons (Fsp3) is 0.421. The van der Waals surface area contributed by atoms with Crippen LogP contribution in [0.5, 0.6) is 0 Å².